The van der Waals surface area contributed by atoms with E-state index in [2.05, 4.69) is 20.7 Å². The van der Waals surface area contributed by atoms with Crippen molar-refractivity contribution in [2.45, 2.75) is 19.3 Å². The molecule has 0 aromatic carbocycles. The van der Waals surface area contributed by atoms with Crippen molar-refractivity contribution >= 4 is 17.3 Å². The Kier molecular flexibility index (Phi) is 5.02. The maximum Gasteiger partial charge on any atom is 0.354 e. The Morgan fingerprint density at radius 3 is 2.85 bits per heavy atom. The summed E-state index contributed by atoms with van der Waals surface area (Å²) in [6.07, 6.45) is 4.49. The van der Waals surface area contributed by atoms with Crippen molar-refractivity contribution in [3.63, 3.8) is 0 Å². The molecule has 0 saturated heterocycles. The Labute approximate surface area is 116 Å². The van der Waals surface area contributed by atoms with Gasteiger partial charge in [-0.25, -0.2) is 15.8 Å². The molecule has 9 heteroatoms. The largest absolute Gasteiger partial charge is 0.381 e. The highest BCUT2D eigenvalue weighted by molar-refractivity contribution is 5.68. The number of nitrogens with two attached hydrogens (primary N) is 1. The van der Waals surface area contributed by atoms with Gasteiger partial charge in [0.05, 0.1) is 4.92 Å². The number of ether oxygens (including phenoxy) is 1. The quantitative estimate of drug-likeness (QED) is 0.264. The maximum absolute atomic E-state index is 11.0. The second-order valence-electron chi connectivity index (χ2n) is 4.62. The van der Waals surface area contributed by atoms with Gasteiger partial charge in [-0.2, -0.15) is 0 Å². The fraction of sp³-hybridized carbons (Fsp3) is 0.636. The molecule has 0 spiro atoms. The number of anilines is 2. The molecule has 9 nitrogen and oxygen atoms in total. The summed E-state index contributed by atoms with van der Waals surface area (Å²) in [6, 6.07) is 0. The van der Waals surface area contributed by atoms with Gasteiger partial charge in [-0.3, -0.25) is 10.1 Å². The smallest absolute Gasteiger partial charge is 0.354 e. The van der Waals surface area contributed by atoms with Crippen molar-refractivity contribution in [2.24, 2.45) is 11.8 Å². The van der Waals surface area contributed by atoms with Crippen molar-refractivity contribution in [1.82, 2.24) is 9.97 Å². The molecule has 1 aliphatic carbocycles. The maximum atomic E-state index is 11.0. The number of rotatable bonds is 9. The predicted molar refractivity (Wildman–Crippen MR) is 73.1 cm³/mol. The van der Waals surface area contributed by atoms with Crippen molar-refractivity contribution < 1.29 is 9.66 Å². The number of hydrogen-bond donors (Lipinski definition) is 3. The lowest BCUT2D eigenvalue weighted by molar-refractivity contribution is -0.383. The molecule has 4 N–H and O–H groups in total. The van der Waals surface area contributed by atoms with Gasteiger partial charge in [0, 0.05) is 19.8 Å². The molecular weight excluding hydrogens is 264 g/mol. The normalized spacial score (nSPS) is 14.1. The van der Waals surface area contributed by atoms with E-state index in [4.69, 9.17) is 10.6 Å². The summed E-state index contributed by atoms with van der Waals surface area (Å²) in [5.41, 5.74) is 1.93. The van der Waals surface area contributed by atoms with Gasteiger partial charge >= 0.3 is 5.69 Å². The average Bonchev–Trinajstić information content (AvgIpc) is 3.26. The van der Waals surface area contributed by atoms with E-state index in [-0.39, 0.29) is 17.3 Å². The Balaban J connectivity index is 1.80. The molecule has 1 heterocycles. The molecule has 20 heavy (non-hydrogen) atoms. The summed E-state index contributed by atoms with van der Waals surface area (Å²) in [7, 11) is 0. The van der Waals surface area contributed by atoms with Gasteiger partial charge in [0.25, 0.3) is 0 Å². The first-order chi connectivity index (χ1) is 9.72. The molecule has 1 aromatic heterocycles. The number of nitrogens with one attached hydrogen (secondary N) is 2. The molecular formula is C11H18N6O3. The van der Waals surface area contributed by atoms with Crippen molar-refractivity contribution in [3.05, 3.63) is 16.4 Å². The van der Waals surface area contributed by atoms with Crippen LogP contribution in [0.2, 0.25) is 0 Å². The standard InChI is InChI=1S/C11H18N6O3/c12-16-11-9(17(18)19)10(14-7-15-11)13-4-1-5-20-6-8-2-3-8/h7-8H,1-6,12H2,(H2,13,14,15,16). The summed E-state index contributed by atoms with van der Waals surface area (Å²) in [5.74, 6) is 6.07. The van der Waals surface area contributed by atoms with Gasteiger partial charge in [-0.15, -0.1) is 0 Å². The summed E-state index contributed by atoms with van der Waals surface area (Å²) >= 11 is 0. The van der Waals surface area contributed by atoms with Crippen LogP contribution in [0.5, 0.6) is 0 Å². The number of nitrogen functional groups attached to an aromatic ring is 1. The lowest BCUT2D eigenvalue weighted by atomic mass is 10.4. The highest BCUT2D eigenvalue weighted by atomic mass is 16.6. The first-order valence-electron chi connectivity index (χ1n) is 6.50. The minimum Gasteiger partial charge on any atom is -0.381 e. The number of hydrazine groups is 1. The Bertz CT molecular complexity index is 465. The summed E-state index contributed by atoms with van der Waals surface area (Å²) in [6.45, 7) is 1.98. The Morgan fingerprint density at radius 2 is 2.20 bits per heavy atom. The third-order valence-corrected chi connectivity index (χ3v) is 2.95. The second kappa shape index (κ2) is 6.96. The third-order valence-electron chi connectivity index (χ3n) is 2.95. The van der Waals surface area contributed by atoms with Crippen LogP contribution in [-0.2, 0) is 4.74 Å². The van der Waals surface area contributed by atoms with Crippen LogP contribution >= 0.6 is 0 Å². The van der Waals surface area contributed by atoms with Gasteiger partial charge < -0.3 is 15.5 Å². The van der Waals surface area contributed by atoms with Crippen LogP contribution in [-0.4, -0.2) is 34.6 Å². The number of nitro groups is 1. The van der Waals surface area contributed by atoms with Gasteiger partial charge in [0.15, 0.2) is 0 Å². The van der Waals surface area contributed by atoms with Crippen molar-refractivity contribution in [3.8, 4) is 0 Å². The van der Waals surface area contributed by atoms with Crippen LogP contribution in [0.1, 0.15) is 19.3 Å². The van der Waals surface area contributed by atoms with E-state index < -0.39 is 4.92 Å². The van der Waals surface area contributed by atoms with Gasteiger partial charge in [-0.05, 0) is 25.2 Å². The van der Waals surface area contributed by atoms with Gasteiger partial charge in [0.2, 0.25) is 11.6 Å². The van der Waals surface area contributed by atoms with Gasteiger partial charge in [-0.1, -0.05) is 0 Å². The minimum absolute atomic E-state index is 0.0162. The van der Waals surface area contributed by atoms with Crippen LogP contribution in [0, 0.1) is 16.0 Å². The molecule has 0 aliphatic heterocycles. The molecule has 0 bridgehead atoms. The van der Waals surface area contributed by atoms with Crippen molar-refractivity contribution in [1.29, 1.82) is 0 Å². The van der Waals surface area contributed by atoms with Crippen LogP contribution in [0.15, 0.2) is 6.33 Å². The summed E-state index contributed by atoms with van der Waals surface area (Å²) in [5, 5.41) is 13.9. The highest BCUT2D eigenvalue weighted by Gasteiger charge is 2.22. The van der Waals surface area contributed by atoms with E-state index >= 15 is 0 Å². The SMILES string of the molecule is NNc1ncnc(NCCCOCC2CC2)c1[N+](=O)[O-]. The monoisotopic (exact) mass is 282 g/mol. The molecule has 2 rings (SSSR count). The first-order valence-corrected chi connectivity index (χ1v) is 6.50. The van der Waals surface area contributed by atoms with E-state index in [1.165, 1.54) is 19.2 Å². The molecule has 1 fully saturated rings. The lowest BCUT2D eigenvalue weighted by Gasteiger charge is -2.08. The van der Waals surface area contributed by atoms with E-state index in [0.717, 1.165) is 18.9 Å². The fourth-order valence-corrected chi connectivity index (χ4v) is 1.70. The van der Waals surface area contributed by atoms with E-state index in [1.54, 1.807) is 0 Å². The summed E-state index contributed by atoms with van der Waals surface area (Å²) < 4.78 is 5.48. The third kappa shape index (κ3) is 4.00. The average molecular weight is 282 g/mol. The molecule has 110 valence electrons. The topological polar surface area (TPSA) is 128 Å². The second-order valence-corrected chi connectivity index (χ2v) is 4.62. The van der Waals surface area contributed by atoms with E-state index in [1.807, 2.05) is 0 Å². The van der Waals surface area contributed by atoms with Gasteiger partial charge in [0.1, 0.15) is 6.33 Å². The molecule has 0 unspecified atom stereocenters. The molecule has 0 amide bonds. The molecule has 1 aromatic rings. The molecule has 0 radical (unpaired) electrons. The zero-order chi connectivity index (χ0) is 14.4. The van der Waals surface area contributed by atoms with Crippen LogP contribution < -0.4 is 16.6 Å². The predicted octanol–water partition coefficient (Wildman–Crippen LogP) is 0.899. The van der Waals surface area contributed by atoms with E-state index in [0.29, 0.717) is 13.2 Å². The minimum atomic E-state index is -0.568. The number of nitrogens with zero attached hydrogens (tertiary/aromatic N) is 3. The number of hydrogen-bond acceptors (Lipinski definition) is 8. The van der Waals surface area contributed by atoms with Crippen LogP contribution in [0.4, 0.5) is 17.3 Å². The Hall–Kier alpha value is -2.00. The zero-order valence-corrected chi connectivity index (χ0v) is 11.0. The molecule has 0 atom stereocenters. The van der Waals surface area contributed by atoms with Crippen LogP contribution in [0.3, 0.4) is 0 Å². The molecule has 1 aliphatic rings. The molecule has 1 saturated carbocycles. The summed E-state index contributed by atoms with van der Waals surface area (Å²) in [4.78, 5) is 18.0. The fourth-order valence-electron chi connectivity index (χ4n) is 1.70. The number of aromatic nitrogens is 2. The first kappa shape index (κ1) is 14.4. The van der Waals surface area contributed by atoms with Crippen LogP contribution in [0.25, 0.3) is 0 Å². The zero-order valence-electron chi connectivity index (χ0n) is 11.0. The van der Waals surface area contributed by atoms with E-state index in [9.17, 15) is 10.1 Å². The highest BCUT2D eigenvalue weighted by Crippen LogP contribution is 2.29. The Morgan fingerprint density at radius 1 is 1.45 bits per heavy atom. The van der Waals surface area contributed by atoms with Crippen molar-refractivity contribution in [2.75, 3.05) is 30.5 Å². The lowest BCUT2D eigenvalue weighted by Crippen LogP contribution is -2.14.